The van der Waals surface area contributed by atoms with Crippen molar-refractivity contribution in [2.75, 3.05) is 26.3 Å². The number of hydrogen-bond donors (Lipinski definition) is 1. The van der Waals surface area contributed by atoms with E-state index in [4.69, 9.17) is 10.5 Å². The van der Waals surface area contributed by atoms with Gasteiger partial charge in [0.2, 0.25) is 0 Å². The van der Waals surface area contributed by atoms with Crippen molar-refractivity contribution in [3.63, 3.8) is 0 Å². The predicted octanol–water partition coefficient (Wildman–Crippen LogP) is 1.47. The maximum Gasteiger partial charge on any atom is 0.0624 e. The number of ether oxygens (including phenoxy) is 1. The van der Waals surface area contributed by atoms with Crippen LogP contribution in [0, 0.1) is 11.3 Å². The molecule has 2 fully saturated rings. The van der Waals surface area contributed by atoms with E-state index in [1.54, 1.807) is 0 Å². The third-order valence-electron chi connectivity index (χ3n) is 4.69. The Kier molecular flexibility index (Phi) is 3.57. The minimum absolute atomic E-state index is 0.158. The molecule has 0 amide bonds. The summed E-state index contributed by atoms with van der Waals surface area (Å²) in [4.78, 5) is 2.61. The smallest absolute Gasteiger partial charge is 0.0624 e. The molecule has 2 aliphatic heterocycles. The minimum atomic E-state index is 0.158. The van der Waals surface area contributed by atoms with Gasteiger partial charge in [0.15, 0.2) is 0 Å². The molecule has 94 valence electrons. The molecule has 0 aromatic carbocycles. The van der Waals surface area contributed by atoms with Gasteiger partial charge in [0.25, 0.3) is 0 Å². The van der Waals surface area contributed by atoms with Gasteiger partial charge in [-0.05, 0) is 32.2 Å². The van der Waals surface area contributed by atoms with Crippen LogP contribution in [0.3, 0.4) is 0 Å². The number of nitrogens with zero attached hydrogens (tertiary/aromatic N) is 1. The molecule has 0 spiro atoms. The second-order valence-electron chi connectivity index (χ2n) is 6.11. The molecule has 0 radical (unpaired) electrons. The van der Waals surface area contributed by atoms with Gasteiger partial charge in [0.05, 0.1) is 13.2 Å². The fourth-order valence-corrected chi connectivity index (χ4v) is 3.00. The second-order valence-corrected chi connectivity index (χ2v) is 6.11. The van der Waals surface area contributed by atoms with Gasteiger partial charge in [-0.2, -0.15) is 0 Å². The van der Waals surface area contributed by atoms with Gasteiger partial charge in [-0.3, -0.25) is 4.90 Å². The highest BCUT2D eigenvalue weighted by atomic mass is 16.5. The molecule has 2 aliphatic rings. The molecule has 3 heteroatoms. The SMILES string of the molecule is CC1CCCN(CC2(C)COCC2N)C1C. The molecule has 0 bridgehead atoms. The molecule has 3 nitrogen and oxygen atoms in total. The Hall–Kier alpha value is -0.120. The van der Waals surface area contributed by atoms with Gasteiger partial charge in [-0.15, -0.1) is 0 Å². The van der Waals surface area contributed by atoms with Crippen molar-refractivity contribution in [2.24, 2.45) is 17.1 Å². The van der Waals surface area contributed by atoms with Crippen LogP contribution < -0.4 is 5.73 Å². The van der Waals surface area contributed by atoms with Crippen LogP contribution in [-0.4, -0.2) is 43.3 Å². The van der Waals surface area contributed by atoms with E-state index in [-0.39, 0.29) is 11.5 Å². The Morgan fingerprint density at radius 1 is 1.44 bits per heavy atom. The largest absolute Gasteiger partial charge is 0.379 e. The Morgan fingerprint density at radius 3 is 2.81 bits per heavy atom. The molecule has 0 aromatic rings. The van der Waals surface area contributed by atoms with Gasteiger partial charge in [-0.25, -0.2) is 0 Å². The lowest BCUT2D eigenvalue weighted by molar-refractivity contribution is 0.0546. The Morgan fingerprint density at radius 2 is 2.19 bits per heavy atom. The van der Waals surface area contributed by atoms with Gasteiger partial charge < -0.3 is 10.5 Å². The highest BCUT2D eigenvalue weighted by Gasteiger charge is 2.40. The number of nitrogens with two attached hydrogens (primary N) is 1. The first-order chi connectivity index (χ1) is 7.53. The van der Waals surface area contributed by atoms with E-state index >= 15 is 0 Å². The van der Waals surface area contributed by atoms with E-state index in [1.165, 1.54) is 19.4 Å². The van der Waals surface area contributed by atoms with Gasteiger partial charge in [-0.1, -0.05) is 13.8 Å². The van der Waals surface area contributed by atoms with Crippen molar-refractivity contribution < 1.29 is 4.74 Å². The standard InChI is InChI=1S/C13H26N2O/c1-10-5-4-6-15(11(10)2)8-13(3)9-16-7-12(13)14/h10-12H,4-9,14H2,1-3H3. The Labute approximate surface area is 99.3 Å². The molecule has 2 N–H and O–H groups in total. The molecule has 0 saturated carbocycles. The first-order valence-electron chi connectivity index (χ1n) is 6.60. The summed E-state index contributed by atoms with van der Waals surface area (Å²) in [5.74, 6) is 0.816. The molecule has 2 heterocycles. The van der Waals surface area contributed by atoms with E-state index in [0.29, 0.717) is 6.04 Å². The van der Waals surface area contributed by atoms with Crippen molar-refractivity contribution in [1.82, 2.24) is 4.90 Å². The third kappa shape index (κ3) is 2.27. The van der Waals surface area contributed by atoms with Crippen molar-refractivity contribution in [3.8, 4) is 0 Å². The zero-order chi connectivity index (χ0) is 11.8. The number of likely N-dealkylation sites (tertiary alicyclic amines) is 1. The highest BCUT2D eigenvalue weighted by molar-refractivity contribution is 4.94. The molecule has 0 aliphatic carbocycles. The summed E-state index contributed by atoms with van der Waals surface area (Å²) in [6.45, 7) is 10.9. The van der Waals surface area contributed by atoms with Crippen molar-refractivity contribution in [3.05, 3.63) is 0 Å². The lowest BCUT2D eigenvalue weighted by Crippen LogP contribution is -2.52. The molecule has 0 aromatic heterocycles. The van der Waals surface area contributed by atoms with E-state index in [2.05, 4.69) is 25.7 Å². The van der Waals surface area contributed by atoms with E-state index in [1.807, 2.05) is 0 Å². The summed E-state index contributed by atoms with van der Waals surface area (Å²) < 4.78 is 5.52. The lowest BCUT2D eigenvalue weighted by atomic mass is 9.83. The molecule has 2 saturated heterocycles. The number of piperidine rings is 1. The van der Waals surface area contributed by atoms with Crippen LogP contribution in [0.25, 0.3) is 0 Å². The summed E-state index contributed by atoms with van der Waals surface area (Å²) in [6.07, 6.45) is 2.70. The zero-order valence-corrected chi connectivity index (χ0v) is 10.9. The van der Waals surface area contributed by atoms with Crippen LogP contribution in [0.5, 0.6) is 0 Å². The predicted molar refractivity (Wildman–Crippen MR) is 66.3 cm³/mol. The Balaban J connectivity index is 1.98. The first-order valence-corrected chi connectivity index (χ1v) is 6.60. The maximum atomic E-state index is 6.16. The van der Waals surface area contributed by atoms with Gasteiger partial charge >= 0.3 is 0 Å². The second kappa shape index (κ2) is 4.63. The van der Waals surface area contributed by atoms with Crippen LogP contribution in [0.1, 0.15) is 33.6 Å². The summed E-state index contributed by atoms with van der Waals surface area (Å²) in [5, 5.41) is 0. The van der Waals surface area contributed by atoms with Crippen LogP contribution in [0.15, 0.2) is 0 Å². The molecule has 4 atom stereocenters. The van der Waals surface area contributed by atoms with Gasteiger partial charge in [0.1, 0.15) is 0 Å². The van der Waals surface area contributed by atoms with E-state index < -0.39 is 0 Å². The third-order valence-corrected chi connectivity index (χ3v) is 4.69. The maximum absolute atomic E-state index is 6.16. The first kappa shape index (κ1) is 12.3. The minimum Gasteiger partial charge on any atom is -0.379 e. The van der Waals surface area contributed by atoms with Crippen LogP contribution in [-0.2, 0) is 4.74 Å². The lowest BCUT2D eigenvalue weighted by Gasteiger charge is -2.42. The molecular weight excluding hydrogens is 200 g/mol. The van der Waals surface area contributed by atoms with Gasteiger partial charge in [0, 0.05) is 24.0 Å². The van der Waals surface area contributed by atoms with E-state index in [0.717, 1.165) is 25.7 Å². The average molecular weight is 226 g/mol. The van der Waals surface area contributed by atoms with Crippen LogP contribution in [0.4, 0.5) is 0 Å². The number of rotatable bonds is 2. The average Bonchev–Trinajstić information content (AvgIpc) is 2.55. The quantitative estimate of drug-likeness (QED) is 0.775. The topological polar surface area (TPSA) is 38.5 Å². The summed E-state index contributed by atoms with van der Waals surface area (Å²) >= 11 is 0. The Bertz CT molecular complexity index is 246. The fourth-order valence-electron chi connectivity index (χ4n) is 3.00. The molecule has 2 rings (SSSR count). The van der Waals surface area contributed by atoms with Crippen molar-refractivity contribution in [1.29, 1.82) is 0 Å². The summed E-state index contributed by atoms with van der Waals surface area (Å²) in [5.41, 5.74) is 6.32. The van der Waals surface area contributed by atoms with Crippen molar-refractivity contribution >= 4 is 0 Å². The molecule has 4 unspecified atom stereocenters. The normalized spacial score (nSPS) is 46.1. The number of hydrogen-bond acceptors (Lipinski definition) is 3. The molecular formula is C13H26N2O. The van der Waals surface area contributed by atoms with E-state index in [9.17, 15) is 0 Å². The zero-order valence-electron chi connectivity index (χ0n) is 10.9. The fraction of sp³-hybridized carbons (Fsp3) is 1.00. The molecule has 16 heavy (non-hydrogen) atoms. The highest BCUT2D eigenvalue weighted by Crippen LogP contribution is 2.32. The monoisotopic (exact) mass is 226 g/mol. The summed E-state index contributed by atoms with van der Waals surface area (Å²) in [7, 11) is 0. The summed E-state index contributed by atoms with van der Waals surface area (Å²) in [6, 6.07) is 0.898. The van der Waals surface area contributed by atoms with Crippen LogP contribution in [0.2, 0.25) is 0 Å². The van der Waals surface area contributed by atoms with Crippen LogP contribution >= 0.6 is 0 Å². The van der Waals surface area contributed by atoms with Crippen molar-refractivity contribution in [2.45, 2.75) is 45.7 Å².